The van der Waals surface area contributed by atoms with Gasteiger partial charge < -0.3 is 26.6 Å². The van der Waals surface area contributed by atoms with E-state index in [9.17, 15) is 9.59 Å². The van der Waals surface area contributed by atoms with Crippen LogP contribution in [0.3, 0.4) is 0 Å². The van der Waals surface area contributed by atoms with Crippen LogP contribution in [0.2, 0.25) is 0 Å². The van der Waals surface area contributed by atoms with E-state index in [4.69, 9.17) is 26.4 Å². The number of aromatic nitrogens is 3. The number of carbonyl (C=O) groups excluding carboxylic acids is 2. The molecule has 1 aromatic heterocycles. The Labute approximate surface area is 270 Å². The van der Waals surface area contributed by atoms with Crippen LogP contribution >= 0.6 is 0 Å². The molecule has 1 aromatic rings. The Morgan fingerprint density at radius 2 is 1.09 bits per heavy atom. The lowest BCUT2D eigenvalue weighted by molar-refractivity contribution is -0.148. The average Bonchev–Trinajstić information content (AvgIpc) is 2.91. The van der Waals surface area contributed by atoms with Crippen molar-refractivity contribution in [3.05, 3.63) is 11.6 Å². The second-order valence-corrected chi connectivity index (χ2v) is 17.3. The van der Waals surface area contributed by atoms with Gasteiger partial charge in [-0.05, 0) is 95.9 Å². The van der Waals surface area contributed by atoms with Crippen molar-refractivity contribution >= 4 is 17.8 Å². The first-order valence-electron chi connectivity index (χ1n) is 16.7. The summed E-state index contributed by atoms with van der Waals surface area (Å²) in [5.74, 6) is 1.30. The lowest BCUT2D eigenvalue weighted by Crippen LogP contribution is -2.74. The quantitative estimate of drug-likeness (QED) is 0.289. The molecule has 45 heavy (non-hydrogen) atoms. The lowest BCUT2D eigenvalue weighted by Gasteiger charge is -2.52. The molecule has 12 heteroatoms. The Kier molecular flexibility index (Phi) is 9.20. The Morgan fingerprint density at radius 1 is 0.711 bits per heavy atom. The van der Waals surface area contributed by atoms with Crippen LogP contribution in [0.4, 0.5) is 5.95 Å². The van der Waals surface area contributed by atoms with Crippen LogP contribution in [0, 0.1) is 0 Å². The minimum Gasteiger partial charge on any atom is -0.351 e. The molecule has 3 heterocycles. The van der Waals surface area contributed by atoms with Crippen LogP contribution < -0.4 is 27.4 Å². The number of nitrogens with one attached hydrogen (secondary N) is 3. The lowest BCUT2D eigenvalue weighted by atomic mass is 9.82. The van der Waals surface area contributed by atoms with Gasteiger partial charge in [0.25, 0.3) is 0 Å². The normalized spacial score (nSPS) is 25.2. The molecule has 0 spiro atoms. The van der Waals surface area contributed by atoms with Crippen molar-refractivity contribution in [3.63, 3.8) is 0 Å². The second kappa shape index (κ2) is 11.7. The van der Waals surface area contributed by atoms with Crippen LogP contribution in [0.25, 0.3) is 0 Å². The number of anilines is 1. The molecule has 1 saturated carbocycles. The van der Waals surface area contributed by atoms with Gasteiger partial charge in [-0.3, -0.25) is 20.2 Å². The summed E-state index contributed by atoms with van der Waals surface area (Å²) in [6.07, 6.45) is 4.20. The van der Waals surface area contributed by atoms with Gasteiger partial charge in [0, 0.05) is 30.2 Å². The molecule has 4 rings (SSSR count). The predicted molar refractivity (Wildman–Crippen MR) is 178 cm³/mol. The fraction of sp³-hybridized carbons (Fsp3) is 0.848. The van der Waals surface area contributed by atoms with E-state index in [-0.39, 0.29) is 28.9 Å². The molecule has 254 valence electrons. The fourth-order valence-electron chi connectivity index (χ4n) is 7.53. The van der Waals surface area contributed by atoms with E-state index in [0.29, 0.717) is 30.7 Å². The highest BCUT2D eigenvalue weighted by atomic mass is 16.2. The van der Waals surface area contributed by atoms with Gasteiger partial charge in [0.15, 0.2) is 0 Å². The second-order valence-electron chi connectivity index (χ2n) is 17.3. The molecule has 2 atom stereocenters. The first-order chi connectivity index (χ1) is 20.4. The third-order valence-corrected chi connectivity index (χ3v) is 9.90. The van der Waals surface area contributed by atoms with E-state index in [1.807, 2.05) is 55.4 Å². The molecule has 2 unspecified atom stereocenters. The topological polar surface area (TPSA) is 167 Å². The monoisotopic (exact) mass is 628 g/mol. The molecular formula is C33H60N10O2. The van der Waals surface area contributed by atoms with E-state index in [2.05, 4.69) is 43.6 Å². The minimum atomic E-state index is -0.852. The van der Waals surface area contributed by atoms with Crippen LogP contribution in [-0.4, -0.2) is 90.2 Å². The number of piperazine rings is 2. The van der Waals surface area contributed by atoms with Crippen molar-refractivity contribution in [2.24, 2.45) is 11.5 Å². The van der Waals surface area contributed by atoms with Crippen molar-refractivity contribution in [2.75, 3.05) is 18.4 Å². The molecule has 2 aliphatic heterocycles. The van der Waals surface area contributed by atoms with E-state index in [1.54, 1.807) is 9.80 Å². The Hall–Kier alpha value is -2.41. The first-order valence-corrected chi connectivity index (χ1v) is 16.7. The Balaban J connectivity index is 1.77. The van der Waals surface area contributed by atoms with Gasteiger partial charge in [-0.2, -0.15) is 9.97 Å². The SMILES string of the molecule is CC1(C)CN(C(N)C(C)(C)c2nc(NC3CCCCC3)nc(C(C)(C)C(N)N3CC(C)(C)NC(C)(C)C3=O)n2)C(=O)C(C)(C)N1. The molecule has 0 bridgehead atoms. The fourth-order valence-corrected chi connectivity index (χ4v) is 7.53. The molecule has 2 amide bonds. The zero-order valence-corrected chi connectivity index (χ0v) is 29.9. The number of nitrogens with two attached hydrogens (primary N) is 2. The summed E-state index contributed by atoms with van der Waals surface area (Å²) in [4.78, 5) is 45.8. The summed E-state index contributed by atoms with van der Waals surface area (Å²) in [5, 5.41) is 10.5. The van der Waals surface area contributed by atoms with E-state index >= 15 is 0 Å². The van der Waals surface area contributed by atoms with Gasteiger partial charge in [0.05, 0.1) is 34.2 Å². The highest BCUT2D eigenvalue weighted by Gasteiger charge is 2.51. The maximum atomic E-state index is 13.7. The number of hydrogen-bond acceptors (Lipinski definition) is 10. The molecular weight excluding hydrogens is 568 g/mol. The minimum absolute atomic E-state index is 0.0676. The van der Waals surface area contributed by atoms with Crippen LogP contribution in [0.1, 0.15) is 127 Å². The van der Waals surface area contributed by atoms with Gasteiger partial charge in [0.2, 0.25) is 17.8 Å². The van der Waals surface area contributed by atoms with Gasteiger partial charge in [-0.15, -0.1) is 0 Å². The van der Waals surface area contributed by atoms with E-state index < -0.39 is 34.2 Å². The molecule has 7 N–H and O–H groups in total. The molecule has 0 radical (unpaired) electrons. The van der Waals surface area contributed by atoms with Gasteiger partial charge in [0.1, 0.15) is 11.6 Å². The van der Waals surface area contributed by atoms with Crippen molar-refractivity contribution in [1.82, 2.24) is 35.4 Å². The molecule has 1 aliphatic carbocycles. The van der Waals surface area contributed by atoms with Crippen molar-refractivity contribution in [1.29, 1.82) is 0 Å². The predicted octanol–water partition coefficient (Wildman–Crippen LogP) is 2.72. The van der Waals surface area contributed by atoms with Crippen molar-refractivity contribution < 1.29 is 9.59 Å². The summed E-state index contributed by atoms with van der Waals surface area (Å²) in [6.45, 7) is 24.7. The van der Waals surface area contributed by atoms with Crippen molar-refractivity contribution in [2.45, 2.75) is 167 Å². The Bertz CT molecular complexity index is 1200. The highest BCUT2D eigenvalue weighted by molar-refractivity contribution is 5.87. The molecule has 12 nitrogen and oxygen atoms in total. The maximum absolute atomic E-state index is 13.7. The van der Waals surface area contributed by atoms with Crippen LogP contribution in [-0.2, 0) is 20.4 Å². The van der Waals surface area contributed by atoms with Crippen molar-refractivity contribution in [3.8, 4) is 0 Å². The highest BCUT2D eigenvalue weighted by Crippen LogP contribution is 2.35. The third kappa shape index (κ3) is 7.13. The van der Waals surface area contributed by atoms with Crippen LogP contribution in [0.15, 0.2) is 0 Å². The zero-order chi connectivity index (χ0) is 34.0. The van der Waals surface area contributed by atoms with Gasteiger partial charge in [-0.1, -0.05) is 19.3 Å². The Morgan fingerprint density at radius 3 is 1.47 bits per heavy atom. The van der Waals surface area contributed by atoms with Gasteiger partial charge in [-0.25, -0.2) is 4.98 Å². The maximum Gasteiger partial charge on any atom is 0.243 e. The summed E-state index contributed by atoms with van der Waals surface area (Å²) in [5.41, 5.74) is 10.1. The molecule has 2 saturated heterocycles. The third-order valence-electron chi connectivity index (χ3n) is 9.90. The van der Waals surface area contributed by atoms with Crippen LogP contribution in [0.5, 0.6) is 0 Å². The van der Waals surface area contributed by atoms with E-state index in [1.165, 1.54) is 6.42 Å². The average molecular weight is 629 g/mol. The summed E-state index contributed by atoms with van der Waals surface area (Å²) >= 11 is 0. The molecule has 3 fully saturated rings. The summed E-state index contributed by atoms with van der Waals surface area (Å²) < 4.78 is 0. The molecule has 3 aliphatic rings. The number of amides is 2. The number of nitrogens with zero attached hydrogens (tertiary/aromatic N) is 5. The van der Waals surface area contributed by atoms with E-state index in [0.717, 1.165) is 25.7 Å². The largest absolute Gasteiger partial charge is 0.351 e. The standard InChI is InChI=1S/C33H60N10O2/c1-28(2)18-42(25(44)32(9,10)40-28)21(34)30(5,6)23-37-24(39-27(38-23)36-20-16-14-13-15-17-20)31(7,8)22(35)43-19-29(3,4)41-33(11,12)26(43)45/h20-22,40-41H,13-19,34-35H2,1-12H3,(H,36,37,38,39). The van der Waals surface area contributed by atoms with Gasteiger partial charge >= 0.3 is 0 Å². The number of rotatable bonds is 8. The summed E-state index contributed by atoms with van der Waals surface area (Å²) in [6, 6.07) is 0.253. The number of carbonyl (C=O) groups is 2. The summed E-state index contributed by atoms with van der Waals surface area (Å²) in [7, 11) is 0. The smallest absolute Gasteiger partial charge is 0.243 e. The first kappa shape index (κ1) is 35.4. The number of hydrogen-bond donors (Lipinski definition) is 5. The zero-order valence-electron chi connectivity index (χ0n) is 29.9. The molecule has 0 aromatic carbocycles.